The van der Waals surface area contributed by atoms with Crippen LogP contribution in [-0.4, -0.2) is 51.0 Å². The summed E-state index contributed by atoms with van der Waals surface area (Å²) in [4.78, 5) is 9.47. The lowest BCUT2D eigenvalue weighted by Crippen LogP contribution is -2.46. The molecule has 26 heavy (non-hydrogen) atoms. The Bertz CT molecular complexity index is 1020. The fourth-order valence-corrected chi connectivity index (χ4v) is 4.05. The van der Waals surface area contributed by atoms with Crippen LogP contribution in [0.5, 0.6) is 0 Å². The molecule has 0 saturated carbocycles. The van der Waals surface area contributed by atoms with Gasteiger partial charge in [0.25, 0.3) is 0 Å². The molecule has 1 fully saturated rings. The molecule has 1 aliphatic heterocycles. The minimum Gasteiger partial charge on any atom is -0.352 e. The van der Waals surface area contributed by atoms with E-state index in [4.69, 9.17) is 4.98 Å². The Kier molecular flexibility index (Phi) is 3.75. The second-order valence-electron chi connectivity index (χ2n) is 6.18. The Morgan fingerprint density at radius 2 is 1.69 bits per heavy atom. The molecule has 3 aromatic heterocycles. The Morgan fingerprint density at radius 1 is 0.885 bits per heavy atom. The van der Waals surface area contributed by atoms with Gasteiger partial charge in [0.15, 0.2) is 10.8 Å². The van der Waals surface area contributed by atoms with Gasteiger partial charge in [-0.15, -0.1) is 26.6 Å². The average molecular weight is 363 g/mol. The molecule has 0 N–H and O–H groups in total. The van der Waals surface area contributed by atoms with Crippen LogP contribution in [-0.2, 0) is 0 Å². The zero-order chi connectivity index (χ0) is 17.3. The SMILES string of the molecule is c1ccc(-c2csc(N3CCN(c4ccc5nncn5n4)CC3)n2)cc1. The lowest BCUT2D eigenvalue weighted by atomic mass is 10.2. The van der Waals surface area contributed by atoms with E-state index in [2.05, 4.69) is 42.6 Å². The number of hydrogen-bond acceptors (Lipinski definition) is 7. The van der Waals surface area contributed by atoms with E-state index in [0.29, 0.717) is 0 Å². The van der Waals surface area contributed by atoms with E-state index in [1.54, 1.807) is 22.2 Å². The van der Waals surface area contributed by atoms with Gasteiger partial charge in [-0.1, -0.05) is 30.3 Å². The second kappa shape index (κ2) is 6.38. The molecular formula is C18H17N7S. The third-order valence-electron chi connectivity index (χ3n) is 4.58. The van der Waals surface area contributed by atoms with Gasteiger partial charge in [0.05, 0.1) is 5.69 Å². The number of fused-ring (bicyclic) bond motifs is 1. The summed E-state index contributed by atoms with van der Waals surface area (Å²) in [5.41, 5.74) is 2.98. The van der Waals surface area contributed by atoms with Gasteiger partial charge in [-0.2, -0.15) is 4.52 Å². The van der Waals surface area contributed by atoms with Crippen LogP contribution >= 0.6 is 11.3 Å². The van der Waals surface area contributed by atoms with Crippen molar-refractivity contribution in [2.75, 3.05) is 36.0 Å². The van der Waals surface area contributed by atoms with Crippen molar-refractivity contribution < 1.29 is 0 Å². The normalized spacial score (nSPS) is 14.9. The predicted octanol–water partition coefficient (Wildman–Crippen LogP) is 2.57. The highest BCUT2D eigenvalue weighted by Gasteiger charge is 2.21. The first-order valence-corrected chi connectivity index (χ1v) is 9.43. The Balaban J connectivity index is 1.29. The van der Waals surface area contributed by atoms with E-state index >= 15 is 0 Å². The Morgan fingerprint density at radius 3 is 2.54 bits per heavy atom. The van der Waals surface area contributed by atoms with E-state index in [1.165, 1.54) is 5.56 Å². The summed E-state index contributed by atoms with van der Waals surface area (Å²) in [7, 11) is 0. The van der Waals surface area contributed by atoms with Crippen molar-refractivity contribution in [3.63, 3.8) is 0 Å². The fourth-order valence-electron chi connectivity index (χ4n) is 3.16. The van der Waals surface area contributed by atoms with Crippen LogP contribution < -0.4 is 9.80 Å². The van der Waals surface area contributed by atoms with Crippen LogP contribution in [0.2, 0.25) is 0 Å². The molecule has 1 aliphatic rings. The van der Waals surface area contributed by atoms with Gasteiger partial charge in [0.2, 0.25) is 0 Å². The first-order chi connectivity index (χ1) is 12.9. The highest BCUT2D eigenvalue weighted by atomic mass is 32.1. The highest BCUT2D eigenvalue weighted by molar-refractivity contribution is 7.14. The molecule has 1 aromatic carbocycles. The molecule has 130 valence electrons. The number of anilines is 2. The van der Waals surface area contributed by atoms with Crippen molar-refractivity contribution in [1.82, 2.24) is 24.8 Å². The summed E-state index contributed by atoms with van der Waals surface area (Å²) >= 11 is 1.71. The minimum atomic E-state index is 0.767. The molecule has 0 atom stereocenters. The van der Waals surface area contributed by atoms with E-state index in [-0.39, 0.29) is 0 Å². The molecule has 0 aliphatic carbocycles. The van der Waals surface area contributed by atoms with Gasteiger partial charge in [0, 0.05) is 37.1 Å². The predicted molar refractivity (Wildman–Crippen MR) is 103 cm³/mol. The van der Waals surface area contributed by atoms with Crippen LogP contribution in [0.4, 0.5) is 10.9 Å². The van der Waals surface area contributed by atoms with Crippen molar-refractivity contribution >= 4 is 27.9 Å². The summed E-state index contributed by atoms with van der Waals surface area (Å²) in [6.07, 6.45) is 1.63. The summed E-state index contributed by atoms with van der Waals surface area (Å²) in [6.45, 7) is 3.70. The lowest BCUT2D eigenvalue weighted by molar-refractivity contribution is 0.640. The molecule has 0 unspecified atom stereocenters. The zero-order valence-electron chi connectivity index (χ0n) is 14.1. The van der Waals surface area contributed by atoms with E-state index in [0.717, 1.165) is 48.5 Å². The summed E-state index contributed by atoms with van der Waals surface area (Å²) in [5, 5.41) is 15.7. The number of benzene rings is 1. The maximum atomic E-state index is 4.83. The van der Waals surface area contributed by atoms with Crippen molar-refractivity contribution in [3.05, 3.63) is 54.2 Å². The molecule has 5 rings (SSSR count). The second-order valence-corrected chi connectivity index (χ2v) is 7.02. The molecule has 0 amide bonds. The number of hydrogen-bond donors (Lipinski definition) is 0. The highest BCUT2D eigenvalue weighted by Crippen LogP contribution is 2.28. The number of nitrogens with zero attached hydrogens (tertiary/aromatic N) is 7. The molecule has 1 saturated heterocycles. The Labute approximate surface area is 154 Å². The maximum absolute atomic E-state index is 4.83. The van der Waals surface area contributed by atoms with Gasteiger partial charge in [0.1, 0.15) is 12.1 Å². The molecule has 4 heterocycles. The van der Waals surface area contributed by atoms with Gasteiger partial charge in [-0.05, 0) is 12.1 Å². The number of aromatic nitrogens is 5. The van der Waals surface area contributed by atoms with Crippen LogP contribution in [0.15, 0.2) is 54.2 Å². The quantitative estimate of drug-likeness (QED) is 0.557. The summed E-state index contributed by atoms with van der Waals surface area (Å²) in [5.74, 6) is 0.959. The van der Waals surface area contributed by atoms with Gasteiger partial charge >= 0.3 is 0 Å². The number of piperazine rings is 1. The molecule has 8 heteroatoms. The van der Waals surface area contributed by atoms with Gasteiger partial charge in [-0.25, -0.2) is 4.98 Å². The largest absolute Gasteiger partial charge is 0.352 e. The number of thiazole rings is 1. The molecule has 4 aromatic rings. The third-order valence-corrected chi connectivity index (χ3v) is 5.48. The smallest absolute Gasteiger partial charge is 0.185 e. The van der Waals surface area contributed by atoms with Crippen molar-refractivity contribution in [2.24, 2.45) is 0 Å². The zero-order valence-corrected chi connectivity index (χ0v) is 14.9. The number of rotatable bonds is 3. The van der Waals surface area contributed by atoms with Crippen molar-refractivity contribution in [1.29, 1.82) is 0 Å². The molecular weight excluding hydrogens is 346 g/mol. The lowest BCUT2D eigenvalue weighted by Gasteiger charge is -2.35. The average Bonchev–Trinajstić information content (AvgIpc) is 3.38. The monoisotopic (exact) mass is 363 g/mol. The standard InChI is InChI=1S/C18H17N7S/c1-2-4-14(5-3-1)15-12-26-18(20-15)24-10-8-23(9-11-24)17-7-6-16-21-19-13-25(16)22-17/h1-7,12-13H,8-11H2. The summed E-state index contributed by atoms with van der Waals surface area (Å²) in [6, 6.07) is 14.3. The van der Waals surface area contributed by atoms with Crippen LogP contribution in [0, 0.1) is 0 Å². The van der Waals surface area contributed by atoms with Crippen LogP contribution in [0.3, 0.4) is 0 Å². The van der Waals surface area contributed by atoms with Crippen molar-refractivity contribution in [3.8, 4) is 11.3 Å². The topological polar surface area (TPSA) is 62.5 Å². The van der Waals surface area contributed by atoms with Crippen LogP contribution in [0.25, 0.3) is 16.9 Å². The van der Waals surface area contributed by atoms with Crippen LogP contribution in [0.1, 0.15) is 0 Å². The van der Waals surface area contributed by atoms with Gasteiger partial charge in [-0.3, -0.25) is 0 Å². The van der Waals surface area contributed by atoms with E-state index in [1.807, 2.05) is 30.3 Å². The summed E-state index contributed by atoms with van der Waals surface area (Å²) < 4.78 is 1.72. The molecule has 0 radical (unpaired) electrons. The fraction of sp³-hybridized carbons (Fsp3) is 0.222. The van der Waals surface area contributed by atoms with Crippen molar-refractivity contribution in [2.45, 2.75) is 0 Å². The van der Waals surface area contributed by atoms with E-state index in [9.17, 15) is 0 Å². The third kappa shape index (κ3) is 2.78. The minimum absolute atomic E-state index is 0.767. The molecule has 0 spiro atoms. The van der Waals surface area contributed by atoms with Gasteiger partial charge < -0.3 is 9.80 Å². The Hall–Kier alpha value is -3.00. The first-order valence-electron chi connectivity index (χ1n) is 8.55. The maximum Gasteiger partial charge on any atom is 0.185 e. The van der Waals surface area contributed by atoms with E-state index < -0.39 is 0 Å². The molecule has 0 bridgehead atoms. The molecule has 7 nitrogen and oxygen atoms in total. The first kappa shape index (κ1) is 15.3.